The Morgan fingerprint density at radius 2 is 2.05 bits per heavy atom. The molecule has 1 aliphatic rings. The fourth-order valence-electron chi connectivity index (χ4n) is 2.36. The normalized spacial score (nSPS) is 14.0. The number of amides is 1. The van der Waals surface area contributed by atoms with Gasteiger partial charge in [-0.3, -0.25) is 14.3 Å². The molecule has 0 bridgehead atoms. The molecule has 5 nitrogen and oxygen atoms in total. The van der Waals surface area contributed by atoms with Crippen molar-refractivity contribution in [3.63, 3.8) is 0 Å². The average molecular weight is 290 g/mol. The standard InChI is InChI=1S/C14H12ClN3O2/c1-17-10(4-6-16-17)5-7-18-12-8-9(15)2-3-11(12)13(19)14(18)20/h2-4,6,8H,5,7H2,1H3. The van der Waals surface area contributed by atoms with Gasteiger partial charge < -0.3 is 4.90 Å². The third-order valence-corrected chi connectivity index (χ3v) is 3.68. The zero-order chi connectivity index (χ0) is 14.3. The van der Waals surface area contributed by atoms with Gasteiger partial charge in [0.25, 0.3) is 11.7 Å². The van der Waals surface area contributed by atoms with Gasteiger partial charge in [-0.25, -0.2) is 0 Å². The first-order valence-electron chi connectivity index (χ1n) is 6.20. The highest BCUT2D eigenvalue weighted by atomic mass is 35.5. The van der Waals surface area contributed by atoms with Gasteiger partial charge >= 0.3 is 0 Å². The zero-order valence-electron chi connectivity index (χ0n) is 10.8. The largest absolute Gasteiger partial charge is 0.304 e. The number of rotatable bonds is 3. The highest BCUT2D eigenvalue weighted by Gasteiger charge is 2.35. The number of carbonyl (C=O) groups is 2. The van der Waals surface area contributed by atoms with E-state index in [0.29, 0.717) is 29.2 Å². The van der Waals surface area contributed by atoms with Crippen molar-refractivity contribution in [1.29, 1.82) is 0 Å². The molecule has 1 aromatic heterocycles. The molecule has 0 fully saturated rings. The highest BCUT2D eigenvalue weighted by Crippen LogP contribution is 2.31. The summed E-state index contributed by atoms with van der Waals surface area (Å²) in [6.45, 7) is 0.428. The first-order valence-corrected chi connectivity index (χ1v) is 6.58. The molecule has 3 rings (SSSR count). The van der Waals surface area contributed by atoms with E-state index in [-0.39, 0.29) is 0 Å². The SMILES string of the molecule is Cn1nccc1CCN1C(=O)C(=O)c2ccc(Cl)cc21. The number of Topliss-reactive ketones (excluding diaryl/α,β-unsaturated/α-hetero) is 1. The third kappa shape index (κ3) is 2.00. The van der Waals surface area contributed by atoms with Crippen molar-refractivity contribution >= 4 is 29.0 Å². The lowest BCUT2D eigenvalue weighted by Gasteiger charge is -2.16. The summed E-state index contributed by atoms with van der Waals surface area (Å²) < 4.78 is 1.75. The molecule has 102 valence electrons. The van der Waals surface area contributed by atoms with Crippen molar-refractivity contribution in [1.82, 2.24) is 9.78 Å². The van der Waals surface area contributed by atoms with Crippen molar-refractivity contribution in [3.05, 3.63) is 46.7 Å². The molecule has 0 aliphatic carbocycles. The number of hydrogen-bond donors (Lipinski definition) is 0. The van der Waals surface area contributed by atoms with Crippen LogP contribution in [-0.2, 0) is 18.3 Å². The Labute approximate surface area is 120 Å². The number of fused-ring (bicyclic) bond motifs is 1. The summed E-state index contributed by atoms with van der Waals surface area (Å²) in [4.78, 5) is 25.4. The van der Waals surface area contributed by atoms with Crippen LogP contribution in [0.2, 0.25) is 5.02 Å². The average Bonchev–Trinajstić information content (AvgIpc) is 2.92. The second-order valence-electron chi connectivity index (χ2n) is 4.64. The number of hydrogen-bond acceptors (Lipinski definition) is 3. The maximum atomic E-state index is 12.0. The summed E-state index contributed by atoms with van der Waals surface area (Å²) in [6, 6.07) is 6.77. The summed E-state index contributed by atoms with van der Waals surface area (Å²) in [6.07, 6.45) is 2.33. The van der Waals surface area contributed by atoms with E-state index in [2.05, 4.69) is 5.10 Å². The van der Waals surface area contributed by atoms with Crippen molar-refractivity contribution in [2.75, 3.05) is 11.4 Å². The minimum absolute atomic E-state index is 0.421. The second-order valence-corrected chi connectivity index (χ2v) is 5.08. The molecule has 6 heteroatoms. The van der Waals surface area contributed by atoms with Gasteiger partial charge in [-0.2, -0.15) is 5.10 Å². The van der Waals surface area contributed by atoms with Crippen LogP contribution in [0.1, 0.15) is 16.1 Å². The van der Waals surface area contributed by atoms with E-state index in [0.717, 1.165) is 5.69 Å². The number of ketones is 1. The van der Waals surface area contributed by atoms with Gasteiger partial charge in [0.15, 0.2) is 0 Å². The Bertz CT molecular complexity index is 708. The molecule has 20 heavy (non-hydrogen) atoms. The van der Waals surface area contributed by atoms with Crippen molar-refractivity contribution in [3.8, 4) is 0 Å². The van der Waals surface area contributed by atoms with Crippen LogP contribution in [0.25, 0.3) is 0 Å². The minimum atomic E-state index is -0.496. The number of aromatic nitrogens is 2. The van der Waals surface area contributed by atoms with E-state index in [4.69, 9.17) is 11.6 Å². The predicted molar refractivity (Wildman–Crippen MR) is 75.0 cm³/mol. The maximum absolute atomic E-state index is 12.0. The molecular weight excluding hydrogens is 278 g/mol. The smallest absolute Gasteiger partial charge is 0.299 e. The Morgan fingerprint density at radius 1 is 1.25 bits per heavy atom. The monoisotopic (exact) mass is 289 g/mol. The zero-order valence-corrected chi connectivity index (χ0v) is 11.6. The van der Waals surface area contributed by atoms with Crippen LogP contribution in [0.15, 0.2) is 30.5 Å². The minimum Gasteiger partial charge on any atom is -0.304 e. The quantitative estimate of drug-likeness (QED) is 0.810. The number of nitrogens with zero attached hydrogens (tertiary/aromatic N) is 3. The molecule has 1 aliphatic heterocycles. The van der Waals surface area contributed by atoms with E-state index < -0.39 is 11.7 Å². The Kier molecular flexibility index (Phi) is 3.06. The van der Waals surface area contributed by atoms with Gasteiger partial charge in [0, 0.05) is 36.9 Å². The van der Waals surface area contributed by atoms with Crippen LogP contribution < -0.4 is 4.90 Å². The lowest BCUT2D eigenvalue weighted by molar-refractivity contribution is -0.114. The molecule has 2 heterocycles. The number of halogens is 1. The van der Waals surface area contributed by atoms with Crippen molar-refractivity contribution in [2.45, 2.75) is 6.42 Å². The fraction of sp³-hybridized carbons (Fsp3) is 0.214. The summed E-state index contributed by atoms with van der Waals surface area (Å²) in [7, 11) is 1.84. The first kappa shape index (κ1) is 12.9. The van der Waals surface area contributed by atoms with Gasteiger partial charge in [0.1, 0.15) is 0 Å². The molecule has 0 unspecified atom stereocenters. The lowest BCUT2D eigenvalue weighted by Crippen LogP contribution is -2.32. The van der Waals surface area contributed by atoms with Gasteiger partial charge in [0.05, 0.1) is 11.3 Å². The fourth-order valence-corrected chi connectivity index (χ4v) is 2.53. The number of carbonyl (C=O) groups excluding carboxylic acids is 2. The Hall–Kier alpha value is -2.14. The van der Waals surface area contributed by atoms with Crippen molar-refractivity contribution < 1.29 is 9.59 Å². The molecule has 1 amide bonds. The molecule has 0 saturated heterocycles. The number of anilines is 1. The van der Waals surface area contributed by atoms with Crippen molar-refractivity contribution in [2.24, 2.45) is 7.05 Å². The Balaban J connectivity index is 1.87. The lowest BCUT2D eigenvalue weighted by atomic mass is 10.1. The molecular formula is C14H12ClN3O2. The van der Waals surface area contributed by atoms with E-state index in [1.807, 2.05) is 13.1 Å². The molecule has 2 aromatic rings. The van der Waals surface area contributed by atoms with Gasteiger partial charge in [-0.05, 0) is 24.3 Å². The first-order chi connectivity index (χ1) is 9.58. The van der Waals surface area contributed by atoms with Gasteiger partial charge in [-0.1, -0.05) is 11.6 Å². The number of benzene rings is 1. The van der Waals surface area contributed by atoms with Crippen LogP contribution in [-0.4, -0.2) is 28.0 Å². The topological polar surface area (TPSA) is 55.2 Å². The molecule has 0 radical (unpaired) electrons. The molecule has 0 spiro atoms. The van der Waals surface area contributed by atoms with Crippen LogP contribution >= 0.6 is 11.6 Å². The maximum Gasteiger partial charge on any atom is 0.299 e. The van der Waals surface area contributed by atoms with E-state index in [9.17, 15) is 9.59 Å². The number of aryl methyl sites for hydroxylation is 1. The van der Waals surface area contributed by atoms with Gasteiger partial charge in [0.2, 0.25) is 0 Å². The molecule has 0 atom stereocenters. The van der Waals surface area contributed by atoms with Crippen LogP contribution in [0.3, 0.4) is 0 Å². The van der Waals surface area contributed by atoms with E-state index >= 15 is 0 Å². The van der Waals surface area contributed by atoms with Crippen LogP contribution in [0.5, 0.6) is 0 Å². The summed E-state index contributed by atoms with van der Waals surface area (Å²) in [5.74, 6) is -0.967. The predicted octanol–water partition coefficient (Wildman–Crippen LogP) is 1.85. The third-order valence-electron chi connectivity index (χ3n) is 3.45. The second kappa shape index (κ2) is 4.76. The molecule has 0 saturated carbocycles. The summed E-state index contributed by atoms with van der Waals surface area (Å²) >= 11 is 5.95. The van der Waals surface area contributed by atoms with E-state index in [1.54, 1.807) is 29.1 Å². The molecule has 0 N–H and O–H groups in total. The Morgan fingerprint density at radius 3 is 2.75 bits per heavy atom. The van der Waals surface area contributed by atoms with Crippen LogP contribution in [0.4, 0.5) is 5.69 Å². The highest BCUT2D eigenvalue weighted by molar-refractivity contribution is 6.52. The van der Waals surface area contributed by atoms with Crippen LogP contribution in [0, 0.1) is 0 Å². The summed E-state index contributed by atoms with van der Waals surface area (Å²) in [5, 5.41) is 4.59. The van der Waals surface area contributed by atoms with E-state index in [1.165, 1.54) is 4.90 Å². The molecule has 1 aromatic carbocycles. The van der Waals surface area contributed by atoms with Gasteiger partial charge in [-0.15, -0.1) is 0 Å². The summed E-state index contributed by atoms with van der Waals surface area (Å²) in [5.41, 5.74) is 2.01.